The first-order valence-corrected chi connectivity index (χ1v) is 11.6. The molecule has 0 saturated heterocycles. The molecule has 168 valence electrons. The van der Waals surface area contributed by atoms with E-state index in [1.54, 1.807) is 29.8 Å². The van der Waals surface area contributed by atoms with Crippen LogP contribution in [0.15, 0.2) is 57.2 Å². The largest absolute Gasteiger partial charge is 0.490 e. The van der Waals surface area contributed by atoms with Crippen LogP contribution < -0.4 is 19.8 Å². The number of benzene rings is 2. The lowest BCUT2D eigenvalue weighted by molar-refractivity contribution is 0.0971. The molecule has 8 heteroatoms. The molecule has 0 aliphatic carbocycles. The van der Waals surface area contributed by atoms with Gasteiger partial charge in [0.2, 0.25) is 5.76 Å². The number of rotatable bonds is 6. The van der Waals surface area contributed by atoms with Crippen LogP contribution in [0.2, 0.25) is 0 Å². The minimum atomic E-state index is -0.699. The fourth-order valence-corrected chi connectivity index (χ4v) is 4.84. The van der Waals surface area contributed by atoms with E-state index in [9.17, 15) is 9.59 Å². The second-order valence-electron chi connectivity index (χ2n) is 7.64. The van der Waals surface area contributed by atoms with Crippen molar-refractivity contribution >= 4 is 33.3 Å². The third kappa shape index (κ3) is 3.47. The Bertz CT molecular complexity index is 1410. The van der Waals surface area contributed by atoms with Crippen LogP contribution >= 0.6 is 11.3 Å². The van der Waals surface area contributed by atoms with Gasteiger partial charge in [0.25, 0.3) is 5.91 Å². The second-order valence-corrected chi connectivity index (χ2v) is 8.51. The van der Waals surface area contributed by atoms with E-state index in [2.05, 4.69) is 4.98 Å². The maximum Gasteiger partial charge on any atom is 0.297 e. The van der Waals surface area contributed by atoms with Crippen LogP contribution in [0.3, 0.4) is 0 Å². The number of fused-ring (bicyclic) bond motifs is 2. The Kier molecular flexibility index (Phi) is 5.38. The molecular weight excluding hydrogens is 440 g/mol. The lowest BCUT2D eigenvalue weighted by Gasteiger charge is -2.23. The molecule has 1 amide bonds. The third-order valence-electron chi connectivity index (χ3n) is 5.53. The van der Waals surface area contributed by atoms with Crippen LogP contribution in [0.4, 0.5) is 5.13 Å². The van der Waals surface area contributed by atoms with Gasteiger partial charge >= 0.3 is 0 Å². The monoisotopic (exact) mass is 462 g/mol. The maximum atomic E-state index is 13.7. The lowest BCUT2D eigenvalue weighted by Crippen LogP contribution is -2.29. The van der Waals surface area contributed by atoms with Crippen molar-refractivity contribution < 1.29 is 18.7 Å². The zero-order valence-electron chi connectivity index (χ0n) is 18.5. The van der Waals surface area contributed by atoms with Gasteiger partial charge in [-0.3, -0.25) is 14.5 Å². The van der Waals surface area contributed by atoms with E-state index < -0.39 is 11.9 Å². The first-order chi connectivity index (χ1) is 16.0. The van der Waals surface area contributed by atoms with Crippen LogP contribution in [0, 0.1) is 6.92 Å². The number of aromatic nitrogens is 1. The number of amides is 1. The Morgan fingerprint density at radius 1 is 1.06 bits per heavy atom. The van der Waals surface area contributed by atoms with E-state index >= 15 is 0 Å². The number of anilines is 1. The van der Waals surface area contributed by atoms with Gasteiger partial charge in [-0.15, -0.1) is 11.3 Å². The van der Waals surface area contributed by atoms with Crippen molar-refractivity contribution in [2.24, 2.45) is 0 Å². The summed E-state index contributed by atoms with van der Waals surface area (Å²) >= 11 is 1.33. The number of carbonyl (C=O) groups is 1. The summed E-state index contributed by atoms with van der Waals surface area (Å²) in [5.74, 6) is 0.812. The first-order valence-electron chi connectivity index (χ1n) is 10.7. The molecule has 0 spiro atoms. The molecule has 2 aromatic heterocycles. The molecule has 1 aliphatic rings. The third-order valence-corrected chi connectivity index (χ3v) is 6.30. The van der Waals surface area contributed by atoms with Crippen LogP contribution in [0.5, 0.6) is 11.5 Å². The molecule has 1 unspecified atom stereocenters. The minimum absolute atomic E-state index is 0.0448. The van der Waals surface area contributed by atoms with Crippen LogP contribution in [-0.4, -0.2) is 24.1 Å². The topological polar surface area (TPSA) is 81.9 Å². The molecule has 0 fully saturated rings. The first kappa shape index (κ1) is 21.2. The van der Waals surface area contributed by atoms with Gasteiger partial charge in [-0.25, -0.2) is 4.98 Å². The van der Waals surface area contributed by atoms with Crippen molar-refractivity contribution in [2.45, 2.75) is 26.8 Å². The molecule has 3 heterocycles. The van der Waals surface area contributed by atoms with Crippen molar-refractivity contribution in [3.63, 3.8) is 0 Å². The number of hydrogen-bond acceptors (Lipinski definition) is 7. The zero-order valence-corrected chi connectivity index (χ0v) is 19.3. The molecular formula is C25H22N2O5S. The number of aryl methyl sites for hydroxylation is 1. The summed E-state index contributed by atoms with van der Waals surface area (Å²) in [6, 6.07) is 10.1. The lowest BCUT2D eigenvalue weighted by atomic mass is 9.98. The summed E-state index contributed by atoms with van der Waals surface area (Å²) in [5, 5.41) is 2.73. The van der Waals surface area contributed by atoms with Gasteiger partial charge in [-0.1, -0.05) is 17.7 Å². The summed E-state index contributed by atoms with van der Waals surface area (Å²) in [6.07, 6.45) is 1.63. The SMILES string of the molecule is CCOc1ccc(C2c3c(oc4ccc(C)cc4c3=O)C(=O)N2c2nccs2)cc1OCC. The molecule has 7 nitrogen and oxygen atoms in total. The predicted octanol–water partition coefficient (Wildman–Crippen LogP) is 5.11. The Morgan fingerprint density at radius 3 is 2.58 bits per heavy atom. The fourth-order valence-electron chi connectivity index (χ4n) is 4.17. The number of carbonyl (C=O) groups excluding carboxylic acids is 1. The van der Waals surface area contributed by atoms with Gasteiger partial charge in [-0.2, -0.15) is 0 Å². The maximum absolute atomic E-state index is 13.7. The van der Waals surface area contributed by atoms with Crippen molar-refractivity contribution in [1.82, 2.24) is 4.98 Å². The minimum Gasteiger partial charge on any atom is -0.490 e. The molecule has 0 bridgehead atoms. The summed E-state index contributed by atoms with van der Waals surface area (Å²) in [5.41, 5.74) is 2.12. The second kappa shape index (κ2) is 8.37. The van der Waals surface area contributed by atoms with Crippen molar-refractivity contribution in [2.75, 3.05) is 18.1 Å². The Balaban J connectivity index is 1.77. The molecule has 0 saturated carbocycles. The smallest absolute Gasteiger partial charge is 0.297 e. The van der Waals surface area contributed by atoms with Crippen LogP contribution in [-0.2, 0) is 0 Å². The van der Waals surface area contributed by atoms with Crippen LogP contribution in [0.1, 0.15) is 47.1 Å². The molecule has 1 aliphatic heterocycles. The standard InChI is InChI=1S/C25H22N2O5S/c1-4-30-18-9-7-15(13-19(18)31-5-2)21-20-22(28)16-12-14(3)6-8-17(16)32-23(20)24(29)27(21)25-26-10-11-33-25/h6-13,21H,4-5H2,1-3H3. The van der Waals surface area contributed by atoms with E-state index in [1.165, 1.54) is 16.2 Å². The number of nitrogens with zero attached hydrogens (tertiary/aromatic N) is 2. The van der Waals surface area contributed by atoms with Gasteiger partial charge in [-0.05, 0) is 50.6 Å². The average Bonchev–Trinajstić information content (AvgIpc) is 3.43. The van der Waals surface area contributed by atoms with Crippen LogP contribution in [0.25, 0.3) is 11.0 Å². The van der Waals surface area contributed by atoms with E-state index in [0.717, 1.165) is 5.56 Å². The van der Waals surface area contributed by atoms with E-state index in [1.807, 2.05) is 39.0 Å². The molecule has 1 atom stereocenters. The van der Waals surface area contributed by atoms with E-state index in [-0.39, 0.29) is 11.2 Å². The number of ether oxygens (including phenoxy) is 2. The molecule has 4 aromatic rings. The van der Waals surface area contributed by atoms with Crippen molar-refractivity contribution in [3.05, 3.63) is 80.6 Å². The summed E-state index contributed by atoms with van der Waals surface area (Å²) in [6.45, 7) is 6.65. The van der Waals surface area contributed by atoms with Gasteiger partial charge in [0.05, 0.1) is 30.2 Å². The van der Waals surface area contributed by atoms with E-state index in [0.29, 0.717) is 51.9 Å². The molecule has 33 heavy (non-hydrogen) atoms. The molecule has 5 rings (SSSR count). The van der Waals surface area contributed by atoms with Crippen molar-refractivity contribution in [1.29, 1.82) is 0 Å². The van der Waals surface area contributed by atoms with Gasteiger partial charge < -0.3 is 13.9 Å². The highest BCUT2D eigenvalue weighted by Gasteiger charge is 2.45. The molecule has 2 aromatic carbocycles. The zero-order chi connectivity index (χ0) is 23.1. The summed E-state index contributed by atoms with van der Waals surface area (Å²) in [4.78, 5) is 33.1. The Morgan fingerprint density at radius 2 is 1.85 bits per heavy atom. The highest BCUT2D eigenvalue weighted by molar-refractivity contribution is 7.13. The highest BCUT2D eigenvalue weighted by Crippen LogP contribution is 2.43. The van der Waals surface area contributed by atoms with Gasteiger partial charge in [0.1, 0.15) is 5.58 Å². The predicted molar refractivity (Wildman–Crippen MR) is 127 cm³/mol. The highest BCUT2D eigenvalue weighted by atomic mass is 32.1. The molecule has 0 N–H and O–H groups in total. The summed E-state index contributed by atoms with van der Waals surface area (Å²) < 4.78 is 17.5. The van der Waals surface area contributed by atoms with Gasteiger partial charge in [0, 0.05) is 11.6 Å². The average molecular weight is 463 g/mol. The fraction of sp³-hybridized carbons (Fsp3) is 0.240. The van der Waals surface area contributed by atoms with Crippen molar-refractivity contribution in [3.8, 4) is 11.5 Å². The molecule has 0 radical (unpaired) electrons. The normalized spacial score (nSPS) is 15.2. The van der Waals surface area contributed by atoms with Gasteiger partial charge in [0.15, 0.2) is 22.1 Å². The van der Waals surface area contributed by atoms with E-state index in [4.69, 9.17) is 13.9 Å². The number of hydrogen-bond donors (Lipinski definition) is 0. The number of thiazole rings is 1. The Hall–Kier alpha value is -3.65. The summed E-state index contributed by atoms with van der Waals surface area (Å²) in [7, 11) is 0. The quantitative estimate of drug-likeness (QED) is 0.396. The Labute approximate surface area is 194 Å².